The van der Waals surface area contributed by atoms with Crippen molar-refractivity contribution >= 4 is 30.1 Å². The van der Waals surface area contributed by atoms with E-state index in [9.17, 15) is 19.6 Å². The maximum Gasteiger partial charge on any atom is 0.475 e. The first-order valence-electron chi connectivity index (χ1n) is 7.73. The first-order chi connectivity index (χ1) is 11.5. The second-order valence-corrected chi connectivity index (χ2v) is 6.54. The Morgan fingerprint density at radius 2 is 1.92 bits per heavy atom. The van der Waals surface area contributed by atoms with E-state index in [1.165, 1.54) is 11.3 Å². The topological polar surface area (TPSA) is 86.6 Å². The molecule has 0 aliphatic rings. The molecule has 0 saturated carbocycles. The van der Waals surface area contributed by atoms with Crippen molar-refractivity contribution in [1.82, 2.24) is 5.32 Å². The molecule has 1 heterocycles. The Balaban J connectivity index is 1.92. The molecular weight excluding hydrogens is 325 g/mol. The van der Waals surface area contributed by atoms with E-state index in [-0.39, 0.29) is 18.1 Å². The van der Waals surface area contributed by atoms with E-state index in [1.54, 1.807) is 31.2 Å². The molecule has 24 heavy (non-hydrogen) atoms. The summed E-state index contributed by atoms with van der Waals surface area (Å²) in [4.78, 5) is 24.4. The molecule has 2 unspecified atom stereocenters. The van der Waals surface area contributed by atoms with E-state index in [0.717, 1.165) is 5.56 Å². The molecule has 2 aromatic rings. The molecule has 0 bridgehead atoms. The lowest BCUT2D eigenvalue weighted by Gasteiger charge is -2.20. The third-order valence-corrected chi connectivity index (χ3v) is 4.49. The summed E-state index contributed by atoms with van der Waals surface area (Å²) in [6, 6.07) is 10.7. The largest absolute Gasteiger partial charge is 0.475 e. The Hall–Kier alpha value is -1.96. The number of benzene rings is 1. The van der Waals surface area contributed by atoms with Gasteiger partial charge < -0.3 is 15.4 Å². The van der Waals surface area contributed by atoms with E-state index < -0.39 is 19.0 Å². The molecule has 7 heteroatoms. The fourth-order valence-electron chi connectivity index (χ4n) is 2.33. The Morgan fingerprint density at radius 1 is 1.21 bits per heavy atom. The van der Waals surface area contributed by atoms with Crippen molar-refractivity contribution in [2.75, 3.05) is 0 Å². The quantitative estimate of drug-likeness (QED) is 0.502. The Morgan fingerprint density at radius 3 is 2.50 bits per heavy atom. The number of amides is 1. The zero-order valence-corrected chi connectivity index (χ0v) is 14.2. The number of nitrogens with one attached hydrogen (secondary N) is 1. The maximum absolute atomic E-state index is 12.3. The van der Waals surface area contributed by atoms with E-state index >= 15 is 0 Å². The van der Waals surface area contributed by atoms with Crippen LogP contribution in [0, 0.1) is 5.92 Å². The van der Waals surface area contributed by atoms with Crippen LogP contribution in [0.2, 0.25) is 0 Å². The van der Waals surface area contributed by atoms with Crippen LogP contribution in [0.15, 0.2) is 47.2 Å². The Labute approximate surface area is 145 Å². The smallest absolute Gasteiger partial charge is 0.426 e. The van der Waals surface area contributed by atoms with Gasteiger partial charge in [-0.15, -0.1) is 0 Å². The van der Waals surface area contributed by atoms with Gasteiger partial charge in [0.1, 0.15) is 0 Å². The highest BCUT2D eigenvalue weighted by atomic mass is 32.1. The molecule has 0 fully saturated rings. The van der Waals surface area contributed by atoms with Crippen molar-refractivity contribution in [1.29, 1.82) is 0 Å². The van der Waals surface area contributed by atoms with E-state index in [4.69, 9.17) is 0 Å². The van der Waals surface area contributed by atoms with Gasteiger partial charge in [-0.25, -0.2) is 0 Å². The van der Waals surface area contributed by atoms with Crippen LogP contribution in [0.25, 0.3) is 0 Å². The Kier molecular flexibility index (Phi) is 6.72. The molecule has 5 nitrogen and oxygen atoms in total. The summed E-state index contributed by atoms with van der Waals surface area (Å²) < 4.78 is 0. The molecule has 1 aromatic carbocycles. The lowest BCUT2D eigenvalue weighted by Crippen LogP contribution is -2.49. The fraction of sp³-hybridized carbons (Fsp3) is 0.294. The van der Waals surface area contributed by atoms with Crippen LogP contribution in [0.1, 0.15) is 29.3 Å². The third kappa shape index (κ3) is 5.30. The first-order valence-corrected chi connectivity index (χ1v) is 8.67. The molecule has 2 rings (SSSR count). The van der Waals surface area contributed by atoms with E-state index in [1.807, 2.05) is 22.9 Å². The van der Waals surface area contributed by atoms with Crippen molar-refractivity contribution in [2.24, 2.45) is 5.92 Å². The number of hydrogen-bond acceptors (Lipinski definition) is 5. The van der Waals surface area contributed by atoms with Gasteiger partial charge in [0.05, 0.1) is 5.94 Å². The predicted octanol–water partition coefficient (Wildman–Crippen LogP) is 1.70. The van der Waals surface area contributed by atoms with Gasteiger partial charge in [0.25, 0.3) is 0 Å². The third-order valence-electron chi connectivity index (χ3n) is 3.76. The summed E-state index contributed by atoms with van der Waals surface area (Å²) >= 11 is 1.50. The van der Waals surface area contributed by atoms with E-state index in [0.29, 0.717) is 12.0 Å². The average molecular weight is 345 g/mol. The summed E-state index contributed by atoms with van der Waals surface area (Å²) in [7, 11) is -1.66. The van der Waals surface area contributed by atoms with Crippen LogP contribution in [-0.4, -0.2) is 34.8 Å². The molecule has 2 atom stereocenters. The van der Waals surface area contributed by atoms with Gasteiger partial charge in [0, 0.05) is 17.9 Å². The van der Waals surface area contributed by atoms with Crippen LogP contribution >= 0.6 is 11.3 Å². The summed E-state index contributed by atoms with van der Waals surface area (Å²) in [5.74, 6) is -1.84. The lowest BCUT2D eigenvalue weighted by molar-refractivity contribution is -0.124. The molecule has 0 saturated heterocycles. The number of Topliss-reactive ketones (excluding diaryl/α,β-unsaturated/α-hetero) is 1. The summed E-state index contributed by atoms with van der Waals surface area (Å²) in [5, 5.41) is 25.4. The first kappa shape index (κ1) is 18.4. The monoisotopic (exact) mass is 345 g/mol. The molecule has 0 aliphatic heterocycles. The number of rotatable bonds is 8. The molecule has 1 aromatic heterocycles. The van der Waals surface area contributed by atoms with Crippen LogP contribution in [0.5, 0.6) is 0 Å². The van der Waals surface area contributed by atoms with Crippen LogP contribution in [0.4, 0.5) is 0 Å². The van der Waals surface area contributed by atoms with Crippen molar-refractivity contribution < 1.29 is 19.6 Å². The lowest BCUT2D eigenvalue weighted by atomic mass is 9.76. The second-order valence-electron chi connectivity index (χ2n) is 5.76. The second kappa shape index (κ2) is 8.77. The highest BCUT2D eigenvalue weighted by Crippen LogP contribution is 2.12. The van der Waals surface area contributed by atoms with Gasteiger partial charge in [0.15, 0.2) is 5.78 Å². The SMILES string of the molecule is CC(CC(=O)c1ccccc1)C(=O)NC(Cc1ccsc1)B(O)O. The van der Waals surface area contributed by atoms with Crippen molar-refractivity contribution in [3.05, 3.63) is 58.3 Å². The number of hydrogen-bond donors (Lipinski definition) is 3. The Bertz CT molecular complexity index is 660. The average Bonchev–Trinajstić information content (AvgIpc) is 3.07. The van der Waals surface area contributed by atoms with Crippen molar-refractivity contribution in [2.45, 2.75) is 25.7 Å². The molecule has 0 spiro atoms. The molecule has 126 valence electrons. The van der Waals surface area contributed by atoms with Crippen LogP contribution in [0.3, 0.4) is 0 Å². The van der Waals surface area contributed by atoms with E-state index in [2.05, 4.69) is 5.32 Å². The van der Waals surface area contributed by atoms with Gasteiger partial charge in [0.2, 0.25) is 5.91 Å². The number of carbonyl (C=O) groups is 2. The standard InChI is InChI=1S/C17H20BNO4S/c1-12(9-15(20)14-5-3-2-4-6-14)17(21)19-16(18(22)23)10-13-7-8-24-11-13/h2-8,11-12,16,22-23H,9-10H2,1H3,(H,19,21). The molecule has 1 amide bonds. The minimum Gasteiger partial charge on any atom is -0.426 e. The normalized spacial score (nSPS) is 13.1. The molecular formula is C17H20BNO4S. The van der Waals surface area contributed by atoms with Crippen molar-refractivity contribution in [3.63, 3.8) is 0 Å². The predicted molar refractivity (Wildman–Crippen MR) is 94.7 cm³/mol. The van der Waals surface area contributed by atoms with Gasteiger partial charge in [-0.05, 0) is 28.8 Å². The zero-order chi connectivity index (χ0) is 17.5. The number of ketones is 1. The highest BCUT2D eigenvalue weighted by molar-refractivity contribution is 7.07. The van der Waals surface area contributed by atoms with Gasteiger partial charge in [-0.2, -0.15) is 11.3 Å². The number of carbonyl (C=O) groups excluding carboxylic acids is 2. The van der Waals surface area contributed by atoms with Crippen molar-refractivity contribution in [3.8, 4) is 0 Å². The van der Waals surface area contributed by atoms with Crippen LogP contribution < -0.4 is 5.32 Å². The van der Waals surface area contributed by atoms with Crippen LogP contribution in [-0.2, 0) is 11.2 Å². The maximum atomic E-state index is 12.3. The fourth-order valence-corrected chi connectivity index (χ4v) is 3.01. The van der Waals surface area contributed by atoms with Gasteiger partial charge in [-0.3, -0.25) is 9.59 Å². The molecule has 0 aliphatic carbocycles. The summed E-state index contributed by atoms with van der Waals surface area (Å²) in [6.45, 7) is 1.65. The molecule has 0 radical (unpaired) electrons. The summed E-state index contributed by atoms with van der Waals surface area (Å²) in [5.41, 5.74) is 1.49. The minimum absolute atomic E-state index is 0.0720. The molecule has 3 N–H and O–H groups in total. The highest BCUT2D eigenvalue weighted by Gasteiger charge is 2.28. The number of thiophene rings is 1. The zero-order valence-electron chi connectivity index (χ0n) is 13.4. The minimum atomic E-state index is -1.66. The van der Waals surface area contributed by atoms with Gasteiger partial charge >= 0.3 is 7.12 Å². The van der Waals surface area contributed by atoms with Gasteiger partial charge in [-0.1, -0.05) is 37.3 Å². The summed E-state index contributed by atoms with van der Waals surface area (Å²) in [6.07, 6.45) is 0.398.